The minimum absolute atomic E-state index is 0.00259. The number of halogens is 1. The Bertz CT molecular complexity index is 483. The Kier molecular flexibility index (Phi) is 3.48. The van der Waals surface area contributed by atoms with Gasteiger partial charge < -0.3 is 5.32 Å². The molecule has 0 unspecified atom stereocenters. The summed E-state index contributed by atoms with van der Waals surface area (Å²) >= 11 is 5.97. The first kappa shape index (κ1) is 12.9. The molecule has 0 bridgehead atoms. The van der Waals surface area contributed by atoms with Crippen LogP contribution >= 0.6 is 11.6 Å². The zero-order valence-electron chi connectivity index (χ0n) is 11.2. The maximum Gasteiger partial charge on any atom is 0.251 e. The predicted octanol–water partition coefficient (Wildman–Crippen LogP) is 3.22. The molecule has 0 aromatic carbocycles. The van der Waals surface area contributed by atoms with E-state index < -0.39 is 0 Å². The lowest BCUT2D eigenvalue weighted by atomic mass is 10.1. The summed E-state index contributed by atoms with van der Waals surface area (Å²) in [6.07, 6.45) is 5.84. The van der Waals surface area contributed by atoms with Gasteiger partial charge in [-0.15, -0.1) is 0 Å². The summed E-state index contributed by atoms with van der Waals surface area (Å²) in [5.74, 6) is 1.42. The number of rotatable bonds is 5. The lowest BCUT2D eigenvalue weighted by Crippen LogP contribution is -2.38. The SMILES string of the molecule is CCc1cc(C(=O)NC(C2CC2)C2CC2)cc(Cl)n1. The molecule has 1 heterocycles. The van der Waals surface area contributed by atoms with Crippen LogP contribution in [0.4, 0.5) is 0 Å². The number of amides is 1. The highest BCUT2D eigenvalue weighted by Gasteiger charge is 2.42. The fourth-order valence-corrected chi connectivity index (χ4v) is 2.86. The van der Waals surface area contributed by atoms with Gasteiger partial charge in [-0.05, 0) is 56.1 Å². The zero-order valence-corrected chi connectivity index (χ0v) is 11.9. The average Bonchev–Trinajstić information content (AvgIpc) is 3.28. The average molecular weight is 279 g/mol. The molecule has 0 atom stereocenters. The van der Waals surface area contributed by atoms with Crippen LogP contribution in [0.25, 0.3) is 0 Å². The van der Waals surface area contributed by atoms with E-state index in [4.69, 9.17) is 11.6 Å². The molecule has 2 aliphatic carbocycles. The van der Waals surface area contributed by atoms with E-state index in [9.17, 15) is 4.79 Å². The number of nitrogens with one attached hydrogen (secondary N) is 1. The van der Waals surface area contributed by atoms with Crippen molar-refractivity contribution in [2.24, 2.45) is 11.8 Å². The largest absolute Gasteiger partial charge is 0.349 e. The van der Waals surface area contributed by atoms with Crippen molar-refractivity contribution in [3.05, 3.63) is 28.5 Å². The van der Waals surface area contributed by atoms with Crippen molar-refractivity contribution in [2.45, 2.75) is 45.1 Å². The van der Waals surface area contributed by atoms with Crippen LogP contribution < -0.4 is 5.32 Å². The molecule has 2 saturated carbocycles. The van der Waals surface area contributed by atoms with Crippen LogP contribution in [-0.4, -0.2) is 16.9 Å². The van der Waals surface area contributed by atoms with Gasteiger partial charge in [-0.1, -0.05) is 18.5 Å². The Balaban J connectivity index is 1.73. The van der Waals surface area contributed by atoms with Crippen LogP contribution in [0.1, 0.15) is 48.7 Å². The minimum atomic E-state index is 0.00259. The van der Waals surface area contributed by atoms with Crippen molar-refractivity contribution in [2.75, 3.05) is 0 Å². The molecule has 102 valence electrons. The highest BCUT2D eigenvalue weighted by atomic mass is 35.5. The van der Waals surface area contributed by atoms with Crippen molar-refractivity contribution in [1.29, 1.82) is 0 Å². The Morgan fingerprint density at radius 1 is 1.37 bits per heavy atom. The molecular formula is C15H19ClN2O. The number of aryl methyl sites for hydroxylation is 1. The third kappa shape index (κ3) is 3.08. The fraction of sp³-hybridized carbons (Fsp3) is 0.600. The van der Waals surface area contributed by atoms with Crippen LogP contribution in [-0.2, 0) is 6.42 Å². The molecule has 2 aliphatic rings. The Morgan fingerprint density at radius 3 is 2.53 bits per heavy atom. The van der Waals surface area contributed by atoms with E-state index in [1.807, 2.05) is 13.0 Å². The molecule has 1 amide bonds. The summed E-state index contributed by atoms with van der Waals surface area (Å²) in [6, 6.07) is 3.88. The zero-order chi connectivity index (χ0) is 13.4. The van der Waals surface area contributed by atoms with E-state index in [0.29, 0.717) is 28.6 Å². The molecule has 4 heteroatoms. The molecule has 2 fully saturated rings. The van der Waals surface area contributed by atoms with Gasteiger partial charge in [0.25, 0.3) is 5.91 Å². The lowest BCUT2D eigenvalue weighted by Gasteiger charge is -2.17. The highest BCUT2D eigenvalue weighted by molar-refractivity contribution is 6.29. The molecule has 0 spiro atoms. The topological polar surface area (TPSA) is 42.0 Å². The fourth-order valence-electron chi connectivity index (χ4n) is 2.63. The Morgan fingerprint density at radius 2 is 2.00 bits per heavy atom. The van der Waals surface area contributed by atoms with Gasteiger partial charge in [0.15, 0.2) is 0 Å². The van der Waals surface area contributed by atoms with E-state index >= 15 is 0 Å². The van der Waals surface area contributed by atoms with Gasteiger partial charge in [0.05, 0.1) is 0 Å². The molecule has 1 aromatic heterocycles. The standard InChI is InChI=1S/C15H19ClN2O/c1-2-12-7-11(8-13(16)17-12)15(19)18-14(9-3-4-9)10-5-6-10/h7-10,14H,2-6H2,1H3,(H,18,19). The maximum absolute atomic E-state index is 12.3. The molecule has 0 radical (unpaired) electrons. The van der Waals surface area contributed by atoms with Gasteiger partial charge in [-0.3, -0.25) is 4.79 Å². The maximum atomic E-state index is 12.3. The first-order chi connectivity index (χ1) is 9.17. The first-order valence-electron chi connectivity index (χ1n) is 7.14. The van der Waals surface area contributed by atoms with Crippen LogP contribution in [0.5, 0.6) is 0 Å². The second-order valence-corrected chi connectivity index (χ2v) is 6.08. The highest BCUT2D eigenvalue weighted by Crippen LogP contribution is 2.44. The lowest BCUT2D eigenvalue weighted by molar-refractivity contribution is 0.0926. The van der Waals surface area contributed by atoms with Crippen molar-refractivity contribution in [1.82, 2.24) is 10.3 Å². The van der Waals surface area contributed by atoms with E-state index in [-0.39, 0.29) is 5.91 Å². The Labute approximate surface area is 118 Å². The number of hydrogen-bond acceptors (Lipinski definition) is 2. The van der Waals surface area contributed by atoms with Gasteiger partial charge in [0, 0.05) is 17.3 Å². The predicted molar refractivity (Wildman–Crippen MR) is 75.3 cm³/mol. The van der Waals surface area contributed by atoms with Crippen LogP contribution in [0.3, 0.4) is 0 Å². The molecule has 0 aliphatic heterocycles. The first-order valence-corrected chi connectivity index (χ1v) is 7.52. The summed E-state index contributed by atoms with van der Waals surface area (Å²) in [4.78, 5) is 16.5. The summed E-state index contributed by atoms with van der Waals surface area (Å²) in [7, 11) is 0. The number of pyridine rings is 1. The second kappa shape index (κ2) is 5.12. The number of aromatic nitrogens is 1. The smallest absolute Gasteiger partial charge is 0.251 e. The summed E-state index contributed by atoms with van der Waals surface area (Å²) < 4.78 is 0. The number of hydrogen-bond donors (Lipinski definition) is 1. The second-order valence-electron chi connectivity index (χ2n) is 5.70. The quantitative estimate of drug-likeness (QED) is 0.841. The molecule has 0 saturated heterocycles. The van der Waals surface area contributed by atoms with Gasteiger partial charge in [0.2, 0.25) is 0 Å². The summed E-state index contributed by atoms with van der Waals surface area (Å²) in [5.41, 5.74) is 1.51. The number of nitrogens with zero attached hydrogens (tertiary/aromatic N) is 1. The normalized spacial score (nSPS) is 18.7. The van der Waals surface area contributed by atoms with Gasteiger partial charge in [-0.2, -0.15) is 0 Å². The summed E-state index contributed by atoms with van der Waals surface area (Å²) in [6.45, 7) is 2.01. The van der Waals surface area contributed by atoms with Crippen LogP contribution in [0.2, 0.25) is 5.15 Å². The molecule has 3 nitrogen and oxygen atoms in total. The van der Waals surface area contributed by atoms with Crippen molar-refractivity contribution in [3.63, 3.8) is 0 Å². The molecule has 1 aromatic rings. The molecule has 3 rings (SSSR count). The van der Waals surface area contributed by atoms with Gasteiger partial charge in [-0.25, -0.2) is 4.98 Å². The molecule has 19 heavy (non-hydrogen) atoms. The van der Waals surface area contributed by atoms with Gasteiger partial charge >= 0.3 is 0 Å². The molecule has 1 N–H and O–H groups in total. The van der Waals surface area contributed by atoms with Crippen LogP contribution in [0, 0.1) is 11.8 Å². The van der Waals surface area contributed by atoms with Crippen molar-refractivity contribution < 1.29 is 4.79 Å². The van der Waals surface area contributed by atoms with E-state index in [1.54, 1.807) is 6.07 Å². The van der Waals surface area contributed by atoms with Gasteiger partial charge in [0.1, 0.15) is 5.15 Å². The minimum Gasteiger partial charge on any atom is -0.349 e. The van der Waals surface area contributed by atoms with Crippen molar-refractivity contribution >= 4 is 17.5 Å². The summed E-state index contributed by atoms with van der Waals surface area (Å²) in [5, 5.41) is 3.61. The van der Waals surface area contributed by atoms with E-state index in [0.717, 1.165) is 12.1 Å². The third-order valence-corrected chi connectivity index (χ3v) is 4.22. The van der Waals surface area contributed by atoms with E-state index in [2.05, 4.69) is 10.3 Å². The Hall–Kier alpha value is -1.09. The number of carbonyl (C=O) groups is 1. The van der Waals surface area contributed by atoms with Crippen LogP contribution in [0.15, 0.2) is 12.1 Å². The van der Waals surface area contributed by atoms with E-state index in [1.165, 1.54) is 25.7 Å². The third-order valence-electron chi connectivity index (χ3n) is 4.03. The molecular weight excluding hydrogens is 260 g/mol. The van der Waals surface area contributed by atoms with Crippen molar-refractivity contribution in [3.8, 4) is 0 Å². The number of carbonyl (C=O) groups excluding carboxylic acids is 1. The monoisotopic (exact) mass is 278 g/mol.